The van der Waals surface area contributed by atoms with E-state index >= 15 is 0 Å². The summed E-state index contributed by atoms with van der Waals surface area (Å²) in [4.78, 5) is 75.3. The third-order valence-electron chi connectivity index (χ3n) is 9.58. The van der Waals surface area contributed by atoms with Crippen LogP contribution in [0.2, 0.25) is 0 Å². The van der Waals surface area contributed by atoms with Crippen LogP contribution in [0.3, 0.4) is 0 Å². The van der Waals surface area contributed by atoms with Crippen molar-refractivity contribution in [3.05, 3.63) is 89.5 Å². The molecule has 0 aliphatic carbocycles. The molecule has 50 heavy (non-hydrogen) atoms. The highest BCUT2D eigenvalue weighted by atomic mass is 16.7. The van der Waals surface area contributed by atoms with Gasteiger partial charge in [-0.05, 0) is 73.4 Å². The van der Waals surface area contributed by atoms with Crippen LogP contribution in [-0.4, -0.2) is 52.9 Å². The Labute approximate surface area is 293 Å². The van der Waals surface area contributed by atoms with Gasteiger partial charge in [0, 0.05) is 30.8 Å². The number of hydrogen-bond donors (Lipinski definition) is 1. The zero-order valence-corrected chi connectivity index (χ0v) is 30.5. The van der Waals surface area contributed by atoms with Gasteiger partial charge in [0.25, 0.3) is 23.4 Å². The Morgan fingerprint density at radius 3 is 2.06 bits per heavy atom. The molecule has 1 aliphatic rings. The number of ketones is 1. The van der Waals surface area contributed by atoms with Gasteiger partial charge in [-0.25, -0.2) is 4.79 Å². The van der Waals surface area contributed by atoms with Gasteiger partial charge in [-0.3, -0.25) is 19.2 Å². The van der Waals surface area contributed by atoms with Crippen molar-refractivity contribution in [3.8, 4) is 5.75 Å². The van der Waals surface area contributed by atoms with Crippen molar-refractivity contribution in [2.45, 2.75) is 97.3 Å². The number of amides is 4. The van der Waals surface area contributed by atoms with Gasteiger partial charge in [-0.2, -0.15) is 4.90 Å². The van der Waals surface area contributed by atoms with Crippen LogP contribution in [-0.2, 0) is 34.7 Å². The fourth-order valence-corrected chi connectivity index (χ4v) is 5.57. The number of Topliss-reactive ketones (excluding diaryl/α,β-unsaturated/α-hetero) is 1. The molecule has 1 atom stereocenters. The molecule has 11 nitrogen and oxygen atoms in total. The topological polar surface area (TPSA) is 132 Å². The Balaban J connectivity index is 1.83. The number of nitrogens with one attached hydrogen (secondary N) is 1. The van der Waals surface area contributed by atoms with Crippen molar-refractivity contribution >= 4 is 41.0 Å². The molecule has 1 unspecified atom stereocenters. The van der Waals surface area contributed by atoms with Crippen LogP contribution in [0.4, 0.5) is 16.2 Å². The van der Waals surface area contributed by atoms with E-state index in [2.05, 4.69) is 52.9 Å². The van der Waals surface area contributed by atoms with Crippen molar-refractivity contribution in [2.75, 3.05) is 17.5 Å². The zero-order valence-electron chi connectivity index (χ0n) is 30.5. The normalized spacial score (nSPS) is 15.6. The maximum atomic E-state index is 14.6. The van der Waals surface area contributed by atoms with Crippen molar-refractivity contribution in [1.29, 1.82) is 0 Å². The number of benzene rings is 3. The predicted octanol–water partition coefficient (Wildman–Crippen LogP) is 7.33. The van der Waals surface area contributed by atoms with E-state index in [1.165, 1.54) is 39.0 Å². The fourth-order valence-electron chi connectivity index (χ4n) is 5.57. The van der Waals surface area contributed by atoms with E-state index in [9.17, 15) is 24.0 Å². The summed E-state index contributed by atoms with van der Waals surface area (Å²) < 4.78 is 10.9. The number of rotatable bonds is 13. The average Bonchev–Trinajstić information content (AvgIpc) is 3.29. The second-order valence-electron chi connectivity index (χ2n) is 14.2. The highest BCUT2D eigenvalue weighted by molar-refractivity contribution is 6.25. The van der Waals surface area contributed by atoms with Gasteiger partial charge in [-0.1, -0.05) is 84.0 Å². The molecule has 266 valence electrons. The second kappa shape index (κ2) is 14.1. The maximum Gasteiger partial charge on any atom is 0.420 e. The van der Waals surface area contributed by atoms with Gasteiger partial charge in [-0.15, -0.1) is 5.06 Å². The molecule has 0 spiro atoms. The highest BCUT2D eigenvalue weighted by Crippen LogP contribution is 2.40. The molecule has 0 bridgehead atoms. The third kappa shape index (κ3) is 7.00. The molecule has 1 heterocycles. The molecule has 1 aliphatic heterocycles. The minimum Gasteiger partial charge on any atom is -0.433 e. The van der Waals surface area contributed by atoms with E-state index in [0.29, 0.717) is 10.6 Å². The number of hydroxylamine groups is 1. The fraction of sp³-hybridized carbons (Fsp3) is 0.410. The lowest BCUT2D eigenvalue weighted by atomic mass is 9.76. The Morgan fingerprint density at radius 1 is 0.880 bits per heavy atom. The molecular weight excluding hydrogens is 638 g/mol. The molecule has 0 radical (unpaired) electrons. The van der Waals surface area contributed by atoms with Gasteiger partial charge in [0.15, 0.2) is 11.4 Å². The molecule has 1 fully saturated rings. The standard InChI is InChI=1S/C39H47N3O8/c1-11-36(4,5)27-21-22-31(30(24-27)37(6,7)12-2)50-42(25(3)43)29-20-16-17-26(23-29)32(44)39(48-10,33(45)40-28-18-14-13-15-19-28)41-34(46)38(8,9)49-35(41)47/h13-24H,11-12H2,1-10H3,(H,40,45). The minimum atomic E-state index is -2.82. The van der Waals surface area contributed by atoms with Crippen LogP contribution in [0, 0.1) is 0 Å². The van der Waals surface area contributed by atoms with Gasteiger partial charge in [0.05, 0.1) is 5.69 Å². The van der Waals surface area contributed by atoms with Crippen molar-refractivity contribution in [1.82, 2.24) is 4.90 Å². The molecule has 4 amide bonds. The monoisotopic (exact) mass is 685 g/mol. The number of imide groups is 1. The van der Waals surface area contributed by atoms with Crippen LogP contribution in [0.1, 0.15) is 96.6 Å². The summed E-state index contributed by atoms with van der Waals surface area (Å²) in [6.07, 6.45) is 0.482. The first-order chi connectivity index (χ1) is 23.4. The number of carbonyl (C=O) groups is 5. The number of methoxy groups -OCH3 is 1. The maximum absolute atomic E-state index is 14.6. The second-order valence-corrected chi connectivity index (χ2v) is 14.2. The molecule has 0 saturated carbocycles. The van der Waals surface area contributed by atoms with Crippen LogP contribution < -0.4 is 15.2 Å². The number of cyclic esters (lactones) is 1. The van der Waals surface area contributed by atoms with Crippen molar-refractivity contribution in [2.24, 2.45) is 0 Å². The first-order valence-electron chi connectivity index (χ1n) is 16.6. The number of hydrogen-bond acceptors (Lipinski definition) is 8. The first-order valence-corrected chi connectivity index (χ1v) is 16.6. The highest BCUT2D eigenvalue weighted by Gasteiger charge is 2.64. The van der Waals surface area contributed by atoms with Crippen molar-refractivity contribution < 1.29 is 38.3 Å². The Kier molecular flexibility index (Phi) is 10.6. The number of nitrogens with zero attached hydrogens (tertiary/aromatic N) is 2. The van der Waals surface area contributed by atoms with Crippen LogP contribution in [0.15, 0.2) is 72.8 Å². The molecule has 1 N–H and O–H groups in total. The van der Waals surface area contributed by atoms with E-state index in [4.69, 9.17) is 14.3 Å². The largest absolute Gasteiger partial charge is 0.433 e. The average molecular weight is 686 g/mol. The van der Waals surface area contributed by atoms with E-state index in [1.807, 2.05) is 12.1 Å². The summed E-state index contributed by atoms with van der Waals surface area (Å²) in [7, 11) is 1.05. The van der Waals surface area contributed by atoms with Gasteiger partial charge in [0.2, 0.25) is 5.78 Å². The third-order valence-corrected chi connectivity index (χ3v) is 9.58. The number of para-hydroxylation sites is 1. The predicted molar refractivity (Wildman–Crippen MR) is 190 cm³/mol. The number of carbonyl (C=O) groups excluding carboxylic acids is 5. The lowest BCUT2D eigenvalue weighted by molar-refractivity contribution is -0.159. The summed E-state index contributed by atoms with van der Waals surface area (Å²) in [6, 6.07) is 19.9. The quantitative estimate of drug-likeness (QED) is 0.112. The number of ether oxygens (including phenoxy) is 2. The SMILES string of the molecule is CCC(C)(C)c1ccc(ON(C(C)=O)c2cccc(C(=O)C(OC)(C(=O)Nc3ccccc3)N3C(=O)OC(C)(C)C3=O)c2)c(C(C)(C)CC)c1. The Morgan fingerprint density at radius 2 is 1.52 bits per heavy atom. The van der Waals surface area contributed by atoms with E-state index in [-0.39, 0.29) is 27.8 Å². The van der Waals surface area contributed by atoms with Gasteiger partial charge >= 0.3 is 6.09 Å². The Hall–Kier alpha value is -5.03. The van der Waals surface area contributed by atoms with E-state index in [0.717, 1.165) is 36.1 Å². The molecule has 1 saturated heterocycles. The summed E-state index contributed by atoms with van der Waals surface area (Å²) in [5.74, 6) is -3.15. The lowest BCUT2D eigenvalue weighted by Gasteiger charge is -2.35. The Bertz CT molecular complexity index is 1800. The first kappa shape index (κ1) is 37.8. The van der Waals surface area contributed by atoms with Crippen LogP contribution >= 0.6 is 0 Å². The van der Waals surface area contributed by atoms with Gasteiger partial charge < -0.3 is 19.6 Å². The van der Waals surface area contributed by atoms with Crippen molar-refractivity contribution in [3.63, 3.8) is 0 Å². The number of anilines is 2. The smallest absolute Gasteiger partial charge is 0.420 e. The van der Waals surface area contributed by atoms with E-state index in [1.54, 1.807) is 36.4 Å². The molecule has 0 aromatic heterocycles. The lowest BCUT2D eigenvalue weighted by Crippen LogP contribution is -2.65. The molecule has 4 rings (SSSR count). The van der Waals surface area contributed by atoms with Crippen LogP contribution in [0.5, 0.6) is 5.75 Å². The molecular formula is C39H47N3O8. The molecule has 3 aromatic carbocycles. The summed E-state index contributed by atoms with van der Waals surface area (Å²) in [5.41, 5.74) is -2.58. The molecule has 3 aromatic rings. The summed E-state index contributed by atoms with van der Waals surface area (Å²) in [5, 5.41) is 3.65. The summed E-state index contributed by atoms with van der Waals surface area (Å²) in [6.45, 7) is 16.8. The minimum absolute atomic E-state index is 0.0922. The van der Waals surface area contributed by atoms with Gasteiger partial charge in [0.1, 0.15) is 0 Å². The zero-order chi connectivity index (χ0) is 37.2. The van der Waals surface area contributed by atoms with Crippen LogP contribution in [0.25, 0.3) is 0 Å². The summed E-state index contributed by atoms with van der Waals surface area (Å²) >= 11 is 0. The van der Waals surface area contributed by atoms with E-state index < -0.39 is 40.9 Å². The molecule has 11 heteroatoms.